The molecule has 1 N–H and O–H groups in total. The minimum absolute atomic E-state index is 0.233. The second-order valence-corrected chi connectivity index (χ2v) is 5.43. The largest absolute Gasteiger partial charge is 0.291 e. The third-order valence-electron chi connectivity index (χ3n) is 1.75. The van der Waals surface area contributed by atoms with Crippen molar-refractivity contribution in [1.29, 1.82) is 0 Å². The van der Waals surface area contributed by atoms with Crippen molar-refractivity contribution in [3.8, 4) is 0 Å². The van der Waals surface area contributed by atoms with Crippen LogP contribution in [-0.2, 0) is 0 Å². The molecule has 0 aliphatic heterocycles. The lowest BCUT2D eigenvalue weighted by atomic mass is 10.4. The van der Waals surface area contributed by atoms with Gasteiger partial charge in [-0.1, -0.05) is 0 Å². The molecule has 0 bridgehead atoms. The molecule has 2 aromatic rings. The molecule has 0 aliphatic rings. The van der Waals surface area contributed by atoms with E-state index in [1.165, 1.54) is 29.9 Å². The van der Waals surface area contributed by atoms with E-state index in [2.05, 4.69) is 36.4 Å². The maximum Gasteiger partial charge on any atom is 0.291 e. The molecule has 0 aliphatic carbocycles. The molecule has 0 saturated heterocycles. The third-order valence-corrected chi connectivity index (χ3v) is 3.31. The number of thiophene rings is 1. The summed E-state index contributed by atoms with van der Waals surface area (Å²) in [6.07, 6.45) is 5.91. The first kappa shape index (κ1) is 11.9. The van der Waals surface area contributed by atoms with Crippen molar-refractivity contribution in [2.75, 3.05) is 0 Å². The first-order valence-corrected chi connectivity index (χ1v) is 6.21. The zero-order chi connectivity index (χ0) is 12.1. The Morgan fingerprint density at radius 1 is 1.47 bits per heavy atom. The van der Waals surface area contributed by atoms with Crippen molar-refractivity contribution in [2.24, 2.45) is 5.10 Å². The Hall–Kier alpha value is -1.60. The number of halogens is 1. The number of amides is 1. The Labute approximate surface area is 110 Å². The first-order valence-electron chi connectivity index (χ1n) is 4.60. The summed E-state index contributed by atoms with van der Waals surface area (Å²) < 4.78 is 1.01. The molecule has 0 atom stereocenters. The van der Waals surface area contributed by atoms with E-state index in [1.54, 1.807) is 6.21 Å². The number of hydrogen-bond donors (Lipinski definition) is 1. The van der Waals surface area contributed by atoms with Crippen molar-refractivity contribution in [2.45, 2.75) is 0 Å². The highest BCUT2D eigenvalue weighted by Crippen LogP contribution is 2.20. The molecule has 1 amide bonds. The maximum absolute atomic E-state index is 11.5. The van der Waals surface area contributed by atoms with E-state index in [-0.39, 0.29) is 11.6 Å². The summed E-state index contributed by atoms with van der Waals surface area (Å²) in [5.74, 6) is -0.384. The minimum atomic E-state index is -0.384. The molecule has 0 unspecified atom stereocenters. The Kier molecular flexibility index (Phi) is 3.94. The lowest BCUT2D eigenvalue weighted by molar-refractivity contribution is 0.0950. The van der Waals surface area contributed by atoms with Gasteiger partial charge in [0.25, 0.3) is 5.91 Å². The summed E-state index contributed by atoms with van der Waals surface area (Å²) in [7, 11) is 0. The highest BCUT2D eigenvalue weighted by Gasteiger charge is 2.04. The van der Waals surface area contributed by atoms with Crippen molar-refractivity contribution in [3.63, 3.8) is 0 Å². The van der Waals surface area contributed by atoms with Gasteiger partial charge >= 0.3 is 0 Å². The van der Waals surface area contributed by atoms with Gasteiger partial charge in [0, 0.05) is 17.3 Å². The van der Waals surface area contributed by atoms with Crippen LogP contribution < -0.4 is 5.43 Å². The number of rotatable bonds is 3. The predicted octanol–water partition coefficient (Wildman–Crippen LogP) is 2.06. The van der Waals surface area contributed by atoms with Gasteiger partial charge in [-0.05, 0) is 28.1 Å². The van der Waals surface area contributed by atoms with Gasteiger partial charge in [-0.15, -0.1) is 11.3 Å². The van der Waals surface area contributed by atoms with Crippen LogP contribution in [0.1, 0.15) is 15.4 Å². The molecular weight excluding hydrogens is 304 g/mol. The highest BCUT2D eigenvalue weighted by molar-refractivity contribution is 9.11. The van der Waals surface area contributed by atoms with E-state index in [1.807, 2.05) is 12.1 Å². The summed E-state index contributed by atoms with van der Waals surface area (Å²) in [5, 5.41) is 3.83. The first-order chi connectivity index (χ1) is 8.25. The lowest BCUT2D eigenvalue weighted by Crippen LogP contribution is -2.18. The number of aromatic nitrogens is 2. The fourth-order valence-electron chi connectivity index (χ4n) is 1.03. The van der Waals surface area contributed by atoms with Crippen LogP contribution in [-0.4, -0.2) is 22.1 Å². The fraction of sp³-hybridized carbons (Fsp3) is 0. The molecule has 2 heterocycles. The summed E-state index contributed by atoms with van der Waals surface area (Å²) in [4.78, 5) is 20.1. The van der Waals surface area contributed by atoms with Gasteiger partial charge in [-0.2, -0.15) is 5.10 Å². The lowest BCUT2D eigenvalue weighted by Gasteiger charge is -1.96. The van der Waals surface area contributed by atoms with Crippen molar-refractivity contribution < 1.29 is 4.79 Å². The number of hydrazone groups is 1. The zero-order valence-corrected chi connectivity index (χ0v) is 10.9. The number of nitrogens with one attached hydrogen (secondary N) is 1. The van der Waals surface area contributed by atoms with Crippen LogP contribution in [0.25, 0.3) is 0 Å². The summed E-state index contributed by atoms with van der Waals surface area (Å²) >= 11 is 4.86. The topological polar surface area (TPSA) is 67.2 Å². The number of nitrogens with zero attached hydrogens (tertiary/aromatic N) is 3. The molecule has 7 heteroatoms. The van der Waals surface area contributed by atoms with E-state index < -0.39 is 0 Å². The molecule has 2 aromatic heterocycles. The maximum atomic E-state index is 11.5. The van der Waals surface area contributed by atoms with Gasteiger partial charge in [0.05, 0.1) is 16.2 Å². The standard InChI is InChI=1S/C10H7BrN4OS/c11-9-2-1-7(17-9)5-14-15-10(16)8-6-12-3-4-13-8/h1-6H,(H,15,16)/b14-5-. The van der Waals surface area contributed by atoms with Gasteiger partial charge < -0.3 is 0 Å². The van der Waals surface area contributed by atoms with Crippen LogP contribution in [0.15, 0.2) is 39.6 Å². The number of hydrogen-bond acceptors (Lipinski definition) is 5. The number of carbonyl (C=O) groups excluding carboxylic acids is 1. The number of carbonyl (C=O) groups is 1. The summed E-state index contributed by atoms with van der Waals surface area (Å²) in [5.41, 5.74) is 2.61. The van der Waals surface area contributed by atoms with Crippen molar-refractivity contribution in [1.82, 2.24) is 15.4 Å². The van der Waals surface area contributed by atoms with Gasteiger partial charge in [0.15, 0.2) is 0 Å². The average molecular weight is 311 g/mol. The van der Waals surface area contributed by atoms with Gasteiger partial charge in [-0.3, -0.25) is 9.78 Å². The van der Waals surface area contributed by atoms with E-state index in [0.717, 1.165) is 8.66 Å². The minimum Gasteiger partial charge on any atom is -0.265 e. The van der Waals surface area contributed by atoms with Gasteiger partial charge in [-0.25, -0.2) is 10.4 Å². The second-order valence-electron chi connectivity index (χ2n) is 2.93. The molecule has 0 saturated carbocycles. The smallest absolute Gasteiger partial charge is 0.265 e. The predicted molar refractivity (Wildman–Crippen MR) is 69.1 cm³/mol. The molecule has 0 aromatic carbocycles. The van der Waals surface area contributed by atoms with Gasteiger partial charge in [0.1, 0.15) is 5.69 Å². The molecule has 2 rings (SSSR count). The Balaban J connectivity index is 1.95. The molecule has 0 fully saturated rings. The Bertz CT molecular complexity index is 540. The molecular formula is C10H7BrN4OS. The van der Waals surface area contributed by atoms with Crippen LogP contribution in [0.2, 0.25) is 0 Å². The van der Waals surface area contributed by atoms with Crippen molar-refractivity contribution >= 4 is 39.4 Å². The summed E-state index contributed by atoms with van der Waals surface area (Å²) in [6.45, 7) is 0. The molecule has 0 radical (unpaired) electrons. The van der Waals surface area contributed by atoms with E-state index in [9.17, 15) is 4.79 Å². The van der Waals surface area contributed by atoms with Crippen LogP contribution in [0, 0.1) is 0 Å². The van der Waals surface area contributed by atoms with Crippen LogP contribution in [0.4, 0.5) is 0 Å². The van der Waals surface area contributed by atoms with Crippen LogP contribution in [0.5, 0.6) is 0 Å². The van der Waals surface area contributed by atoms with Gasteiger partial charge in [0.2, 0.25) is 0 Å². The second kappa shape index (κ2) is 5.65. The Morgan fingerprint density at radius 2 is 2.35 bits per heavy atom. The average Bonchev–Trinajstić information content (AvgIpc) is 2.76. The van der Waals surface area contributed by atoms with Crippen LogP contribution in [0.3, 0.4) is 0 Å². The van der Waals surface area contributed by atoms with Crippen molar-refractivity contribution in [3.05, 3.63) is 45.1 Å². The van der Waals surface area contributed by atoms with E-state index in [4.69, 9.17) is 0 Å². The highest BCUT2D eigenvalue weighted by atomic mass is 79.9. The fourth-order valence-corrected chi connectivity index (χ4v) is 2.32. The van der Waals surface area contributed by atoms with E-state index in [0.29, 0.717) is 0 Å². The normalized spacial score (nSPS) is 10.6. The van der Waals surface area contributed by atoms with Crippen LogP contribution >= 0.6 is 27.3 Å². The zero-order valence-electron chi connectivity index (χ0n) is 8.50. The Morgan fingerprint density at radius 3 is 3.00 bits per heavy atom. The summed E-state index contributed by atoms with van der Waals surface area (Å²) in [6, 6.07) is 3.81. The monoisotopic (exact) mass is 310 g/mol. The molecule has 0 spiro atoms. The molecule has 17 heavy (non-hydrogen) atoms. The SMILES string of the molecule is O=C(N/N=C\c1ccc(Br)s1)c1cnccn1. The molecule has 86 valence electrons. The van der Waals surface area contributed by atoms with E-state index >= 15 is 0 Å². The third kappa shape index (κ3) is 3.43. The molecule has 5 nitrogen and oxygen atoms in total. The quantitative estimate of drug-likeness (QED) is 0.697.